The number of aliphatic hydroxyl groups excluding tert-OH is 1. The summed E-state index contributed by atoms with van der Waals surface area (Å²) in [5.74, 6) is 1.08. The molecule has 0 spiro atoms. The summed E-state index contributed by atoms with van der Waals surface area (Å²) < 4.78 is 5.05. The zero-order valence-corrected chi connectivity index (χ0v) is 12.1. The molecule has 3 rings (SSSR count). The molecule has 5 atom stereocenters. The van der Waals surface area contributed by atoms with Crippen molar-refractivity contribution in [1.29, 1.82) is 0 Å². The molecule has 5 unspecified atom stereocenters. The van der Waals surface area contributed by atoms with Crippen molar-refractivity contribution < 1.29 is 14.6 Å². The van der Waals surface area contributed by atoms with Crippen LogP contribution in [0.1, 0.15) is 39.5 Å². The fraction of sp³-hybridized carbons (Fsp3) is 0.812. The Balaban J connectivity index is 2.07. The van der Waals surface area contributed by atoms with E-state index in [4.69, 9.17) is 4.74 Å². The maximum Gasteiger partial charge on any atom is 0.314 e. The van der Waals surface area contributed by atoms with Gasteiger partial charge in [0, 0.05) is 0 Å². The maximum absolute atomic E-state index is 12.3. The van der Waals surface area contributed by atoms with E-state index in [1.807, 2.05) is 0 Å². The van der Waals surface area contributed by atoms with Crippen molar-refractivity contribution in [2.24, 2.45) is 28.6 Å². The van der Waals surface area contributed by atoms with Gasteiger partial charge in [0.15, 0.2) is 0 Å². The van der Waals surface area contributed by atoms with E-state index in [2.05, 4.69) is 19.9 Å². The van der Waals surface area contributed by atoms with Gasteiger partial charge in [0.05, 0.1) is 19.1 Å². The smallest absolute Gasteiger partial charge is 0.314 e. The van der Waals surface area contributed by atoms with Crippen LogP contribution in [-0.4, -0.2) is 24.8 Å². The van der Waals surface area contributed by atoms with Crippen LogP contribution in [0.5, 0.6) is 0 Å². The highest BCUT2D eigenvalue weighted by molar-refractivity contribution is 5.78. The minimum atomic E-state index is -0.657. The minimum Gasteiger partial charge on any atom is -0.469 e. The third-order valence-corrected chi connectivity index (χ3v) is 6.38. The Morgan fingerprint density at radius 3 is 2.84 bits per heavy atom. The average Bonchev–Trinajstić information content (AvgIpc) is 2.63. The first-order chi connectivity index (χ1) is 9.01. The molecule has 3 aliphatic carbocycles. The second-order valence-corrected chi connectivity index (χ2v) is 6.96. The van der Waals surface area contributed by atoms with Gasteiger partial charge < -0.3 is 9.84 Å². The summed E-state index contributed by atoms with van der Waals surface area (Å²) in [5.41, 5.74) is 1.10. The number of ether oxygens (including phenoxy) is 1. The Hall–Kier alpha value is -0.830. The Morgan fingerprint density at radius 1 is 1.53 bits per heavy atom. The number of rotatable bonds is 2. The lowest BCUT2D eigenvalue weighted by Crippen LogP contribution is -2.64. The SMILES string of the molecule is COC(=O)C1(CO)CCCC2(C)C3CC=C(C)C2C31. The van der Waals surface area contributed by atoms with E-state index in [1.54, 1.807) is 0 Å². The number of carbonyl (C=O) groups excluding carboxylic acids is 1. The number of fused-ring (bicyclic) bond motifs is 1. The van der Waals surface area contributed by atoms with Crippen LogP contribution in [0.2, 0.25) is 0 Å². The summed E-state index contributed by atoms with van der Waals surface area (Å²) in [6, 6.07) is 0. The van der Waals surface area contributed by atoms with Crippen LogP contribution in [0, 0.1) is 28.6 Å². The van der Waals surface area contributed by atoms with Crippen molar-refractivity contribution in [2.45, 2.75) is 39.5 Å². The van der Waals surface area contributed by atoms with Gasteiger partial charge in [-0.25, -0.2) is 0 Å². The summed E-state index contributed by atoms with van der Waals surface area (Å²) in [6.45, 7) is 4.50. The van der Waals surface area contributed by atoms with Crippen LogP contribution in [-0.2, 0) is 9.53 Å². The minimum absolute atomic E-state index is 0.0687. The van der Waals surface area contributed by atoms with Crippen LogP contribution in [0.25, 0.3) is 0 Å². The third kappa shape index (κ3) is 1.40. The second-order valence-electron chi connectivity index (χ2n) is 6.96. The molecule has 0 aromatic rings. The molecule has 0 aromatic heterocycles. The standard InChI is InChI=1S/C16H24O3/c1-10-5-6-11-13-12(10)15(11,2)7-4-8-16(13,9-17)14(18)19-3/h5,11-13,17H,4,6-9H2,1-3H3. The lowest BCUT2D eigenvalue weighted by atomic mass is 9.38. The quantitative estimate of drug-likeness (QED) is 0.616. The molecule has 3 aliphatic rings. The number of carbonyl (C=O) groups is 1. The molecule has 1 N–H and O–H groups in total. The Morgan fingerprint density at radius 2 is 2.26 bits per heavy atom. The molecule has 106 valence electrons. The molecule has 3 heteroatoms. The average molecular weight is 264 g/mol. The zero-order valence-electron chi connectivity index (χ0n) is 12.1. The summed E-state index contributed by atoms with van der Waals surface area (Å²) in [7, 11) is 1.45. The molecule has 0 aromatic carbocycles. The van der Waals surface area contributed by atoms with Crippen LogP contribution < -0.4 is 0 Å². The van der Waals surface area contributed by atoms with E-state index < -0.39 is 5.41 Å². The number of allylic oxidation sites excluding steroid dienone is 2. The largest absolute Gasteiger partial charge is 0.469 e. The summed E-state index contributed by atoms with van der Waals surface area (Å²) in [5, 5.41) is 9.97. The van der Waals surface area contributed by atoms with E-state index in [1.165, 1.54) is 19.1 Å². The predicted octanol–water partition coefficient (Wildman–Crippen LogP) is 2.54. The fourth-order valence-electron chi connectivity index (χ4n) is 5.51. The van der Waals surface area contributed by atoms with Crippen molar-refractivity contribution >= 4 is 5.97 Å². The number of aliphatic hydroxyl groups is 1. The molecule has 2 saturated carbocycles. The van der Waals surface area contributed by atoms with Crippen molar-refractivity contribution in [3.8, 4) is 0 Å². The molecule has 19 heavy (non-hydrogen) atoms. The molecule has 0 saturated heterocycles. The monoisotopic (exact) mass is 264 g/mol. The van der Waals surface area contributed by atoms with Crippen LogP contribution in [0.15, 0.2) is 11.6 Å². The lowest BCUT2D eigenvalue weighted by Gasteiger charge is -2.66. The van der Waals surface area contributed by atoms with Gasteiger partial charge in [0.1, 0.15) is 0 Å². The van der Waals surface area contributed by atoms with Gasteiger partial charge in [0.25, 0.3) is 0 Å². The van der Waals surface area contributed by atoms with E-state index in [0.29, 0.717) is 17.3 Å². The van der Waals surface area contributed by atoms with E-state index in [9.17, 15) is 9.90 Å². The van der Waals surface area contributed by atoms with Crippen LogP contribution in [0.3, 0.4) is 0 Å². The van der Waals surface area contributed by atoms with Crippen molar-refractivity contribution in [1.82, 2.24) is 0 Å². The zero-order chi connectivity index (χ0) is 13.8. The number of hydrogen-bond acceptors (Lipinski definition) is 3. The Kier molecular flexibility index (Phi) is 2.83. The molecule has 4 bridgehead atoms. The number of hydrogen-bond donors (Lipinski definition) is 1. The highest BCUT2D eigenvalue weighted by Gasteiger charge is 2.69. The highest BCUT2D eigenvalue weighted by atomic mass is 16.5. The molecule has 0 heterocycles. The Bertz CT molecular complexity index is 441. The molecular formula is C16H24O3. The normalized spacial score (nSPS) is 47.8. The van der Waals surface area contributed by atoms with Crippen LogP contribution in [0.4, 0.5) is 0 Å². The molecule has 0 aliphatic heterocycles. The summed E-state index contributed by atoms with van der Waals surface area (Å²) in [4.78, 5) is 12.3. The first-order valence-corrected chi connectivity index (χ1v) is 7.37. The van der Waals surface area contributed by atoms with Gasteiger partial charge in [-0.05, 0) is 49.4 Å². The first-order valence-electron chi connectivity index (χ1n) is 7.37. The van der Waals surface area contributed by atoms with Gasteiger partial charge in [0.2, 0.25) is 0 Å². The van der Waals surface area contributed by atoms with Gasteiger partial charge in [-0.2, -0.15) is 0 Å². The second kappa shape index (κ2) is 4.08. The topological polar surface area (TPSA) is 46.5 Å². The van der Waals surface area contributed by atoms with E-state index in [-0.39, 0.29) is 18.5 Å². The highest BCUT2D eigenvalue weighted by Crippen LogP contribution is 2.72. The van der Waals surface area contributed by atoms with E-state index >= 15 is 0 Å². The summed E-state index contributed by atoms with van der Waals surface area (Å²) >= 11 is 0. The fourth-order valence-corrected chi connectivity index (χ4v) is 5.51. The van der Waals surface area contributed by atoms with Crippen molar-refractivity contribution in [2.75, 3.05) is 13.7 Å². The number of esters is 1. The maximum atomic E-state index is 12.3. The van der Waals surface area contributed by atoms with Crippen molar-refractivity contribution in [3.05, 3.63) is 11.6 Å². The van der Waals surface area contributed by atoms with E-state index in [0.717, 1.165) is 19.3 Å². The van der Waals surface area contributed by atoms with Crippen LogP contribution >= 0.6 is 0 Å². The van der Waals surface area contributed by atoms with Gasteiger partial charge in [-0.1, -0.05) is 25.0 Å². The molecule has 2 fully saturated rings. The molecule has 3 nitrogen and oxygen atoms in total. The predicted molar refractivity (Wildman–Crippen MR) is 72.3 cm³/mol. The number of methoxy groups -OCH3 is 1. The lowest BCUT2D eigenvalue weighted by molar-refractivity contribution is -0.191. The van der Waals surface area contributed by atoms with Crippen molar-refractivity contribution in [3.63, 3.8) is 0 Å². The summed E-state index contributed by atoms with van der Waals surface area (Å²) in [6.07, 6.45) is 6.35. The molecule has 0 radical (unpaired) electrons. The first kappa shape index (κ1) is 13.2. The molecular weight excluding hydrogens is 240 g/mol. The molecule has 0 amide bonds. The van der Waals surface area contributed by atoms with Gasteiger partial charge >= 0.3 is 5.97 Å². The third-order valence-electron chi connectivity index (χ3n) is 6.38. The van der Waals surface area contributed by atoms with Gasteiger partial charge in [-0.15, -0.1) is 0 Å². The van der Waals surface area contributed by atoms with Gasteiger partial charge in [-0.3, -0.25) is 4.79 Å². The Labute approximate surface area is 115 Å².